The molecule has 0 aromatic heterocycles. The van der Waals surface area contributed by atoms with E-state index < -0.39 is 0 Å². The van der Waals surface area contributed by atoms with Crippen LogP contribution in [0.15, 0.2) is 24.3 Å². The van der Waals surface area contributed by atoms with Gasteiger partial charge in [0.25, 0.3) is 0 Å². The highest BCUT2D eigenvalue weighted by Crippen LogP contribution is 2.36. The molecule has 1 aromatic rings. The average molecular weight is 273 g/mol. The molecule has 0 spiro atoms. The van der Waals surface area contributed by atoms with Crippen molar-refractivity contribution in [1.29, 1.82) is 0 Å². The van der Waals surface area contributed by atoms with E-state index in [0.717, 1.165) is 25.9 Å². The Bertz CT molecular complexity index is 461. The molecule has 0 radical (unpaired) electrons. The summed E-state index contributed by atoms with van der Waals surface area (Å²) in [6.07, 6.45) is 2.48. The van der Waals surface area contributed by atoms with Gasteiger partial charge in [-0.3, -0.25) is 4.79 Å². The van der Waals surface area contributed by atoms with E-state index in [0.29, 0.717) is 12.2 Å². The fourth-order valence-electron chi connectivity index (χ4n) is 3.21. The highest BCUT2D eigenvalue weighted by Gasteiger charge is 2.39. The van der Waals surface area contributed by atoms with Crippen molar-refractivity contribution in [3.8, 4) is 0 Å². The molecule has 20 heavy (non-hydrogen) atoms. The number of carbonyl (C=O) groups excluding carboxylic acids is 1. The maximum atomic E-state index is 12.5. The first-order valence-electron chi connectivity index (χ1n) is 7.75. The smallest absolute Gasteiger partial charge is 0.143 e. The summed E-state index contributed by atoms with van der Waals surface area (Å²) in [4.78, 5) is 12.5. The van der Waals surface area contributed by atoms with Crippen LogP contribution >= 0.6 is 0 Å². The Hall–Kier alpha value is -1.15. The lowest BCUT2D eigenvalue weighted by atomic mass is 9.69. The molecule has 1 fully saturated rings. The Morgan fingerprint density at radius 2 is 1.70 bits per heavy atom. The van der Waals surface area contributed by atoms with Crippen molar-refractivity contribution >= 4 is 5.78 Å². The van der Waals surface area contributed by atoms with Gasteiger partial charge in [0.1, 0.15) is 5.78 Å². The third-order valence-electron chi connectivity index (χ3n) is 4.62. The number of carbonyl (C=O) groups is 1. The minimum absolute atomic E-state index is 0.161. The zero-order valence-electron chi connectivity index (χ0n) is 13.3. The third-order valence-corrected chi connectivity index (χ3v) is 4.62. The van der Waals surface area contributed by atoms with E-state index in [1.165, 1.54) is 11.1 Å². The molecule has 1 saturated heterocycles. The average Bonchev–Trinajstić information content (AvgIpc) is 2.46. The molecular formula is C18H27NO. The molecule has 110 valence electrons. The van der Waals surface area contributed by atoms with E-state index in [1.807, 2.05) is 6.92 Å². The fraction of sp³-hybridized carbons (Fsp3) is 0.611. The second-order valence-electron chi connectivity index (χ2n) is 6.94. The number of benzene rings is 1. The van der Waals surface area contributed by atoms with Crippen molar-refractivity contribution in [2.45, 2.75) is 57.8 Å². The second kappa shape index (κ2) is 5.69. The molecule has 1 N–H and O–H groups in total. The molecule has 0 aliphatic carbocycles. The molecule has 0 bridgehead atoms. The van der Waals surface area contributed by atoms with Crippen molar-refractivity contribution in [3.05, 3.63) is 35.4 Å². The number of hydrogen-bond acceptors (Lipinski definition) is 2. The van der Waals surface area contributed by atoms with Gasteiger partial charge in [-0.1, -0.05) is 52.0 Å². The summed E-state index contributed by atoms with van der Waals surface area (Å²) in [5, 5.41) is 3.37. The third kappa shape index (κ3) is 2.80. The van der Waals surface area contributed by atoms with Crippen LogP contribution in [0.2, 0.25) is 0 Å². The Kier molecular flexibility index (Phi) is 4.33. The van der Waals surface area contributed by atoms with E-state index >= 15 is 0 Å². The number of Topliss-reactive ketones (excluding diaryl/α,β-unsaturated/α-hetero) is 1. The molecule has 0 atom stereocenters. The fourth-order valence-corrected chi connectivity index (χ4v) is 3.21. The minimum atomic E-state index is -0.254. The van der Waals surface area contributed by atoms with Gasteiger partial charge < -0.3 is 5.32 Å². The molecule has 2 nitrogen and oxygen atoms in total. The minimum Gasteiger partial charge on any atom is -0.317 e. The summed E-state index contributed by atoms with van der Waals surface area (Å²) in [5.41, 5.74) is 2.44. The van der Waals surface area contributed by atoms with E-state index in [1.54, 1.807) is 0 Å². The molecule has 2 heteroatoms. The lowest BCUT2D eigenvalue weighted by molar-refractivity contribution is -0.125. The normalized spacial score (nSPS) is 18.8. The lowest BCUT2D eigenvalue weighted by Crippen LogP contribution is -2.45. The van der Waals surface area contributed by atoms with Crippen LogP contribution in [0.1, 0.15) is 58.1 Å². The summed E-state index contributed by atoms with van der Waals surface area (Å²) >= 11 is 0. The van der Waals surface area contributed by atoms with Gasteiger partial charge in [-0.15, -0.1) is 0 Å². The second-order valence-corrected chi connectivity index (χ2v) is 6.94. The van der Waals surface area contributed by atoms with Crippen molar-refractivity contribution < 1.29 is 4.79 Å². The number of hydrogen-bond donors (Lipinski definition) is 1. The highest BCUT2D eigenvalue weighted by molar-refractivity contribution is 5.90. The summed E-state index contributed by atoms with van der Waals surface area (Å²) in [5.74, 6) is 0.391. The van der Waals surface area contributed by atoms with Crippen molar-refractivity contribution in [2.75, 3.05) is 13.1 Å². The van der Waals surface area contributed by atoms with Crippen LogP contribution in [0.3, 0.4) is 0 Å². The van der Waals surface area contributed by atoms with Gasteiger partial charge in [0.05, 0.1) is 5.41 Å². The molecule has 0 unspecified atom stereocenters. The number of piperidine rings is 1. The van der Waals surface area contributed by atoms with Crippen molar-refractivity contribution in [1.82, 2.24) is 5.32 Å². The van der Waals surface area contributed by atoms with Gasteiger partial charge in [0.15, 0.2) is 0 Å². The Labute approximate surface area is 123 Å². The van der Waals surface area contributed by atoms with Crippen molar-refractivity contribution in [2.24, 2.45) is 0 Å². The molecule has 0 amide bonds. The van der Waals surface area contributed by atoms with E-state index in [-0.39, 0.29) is 10.8 Å². The maximum Gasteiger partial charge on any atom is 0.143 e. The molecule has 1 aliphatic rings. The van der Waals surface area contributed by atoms with E-state index in [9.17, 15) is 4.79 Å². The van der Waals surface area contributed by atoms with Crippen LogP contribution in [0.25, 0.3) is 0 Å². The molecular weight excluding hydrogens is 246 g/mol. The summed E-state index contributed by atoms with van der Waals surface area (Å²) in [6, 6.07) is 8.75. The van der Waals surface area contributed by atoms with Gasteiger partial charge in [0.2, 0.25) is 0 Å². The van der Waals surface area contributed by atoms with Crippen LogP contribution in [0.5, 0.6) is 0 Å². The van der Waals surface area contributed by atoms with Crippen LogP contribution in [0, 0.1) is 0 Å². The Balaban J connectivity index is 2.37. The molecule has 1 heterocycles. The van der Waals surface area contributed by atoms with E-state index in [2.05, 4.69) is 50.4 Å². The zero-order chi connectivity index (χ0) is 14.8. The highest BCUT2D eigenvalue weighted by atomic mass is 16.1. The Morgan fingerprint density at radius 3 is 2.15 bits per heavy atom. The predicted molar refractivity (Wildman–Crippen MR) is 84.2 cm³/mol. The van der Waals surface area contributed by atoms with E-state index in [4.69, 9.17) is 0 Å². The quantitative estimate of drug-likeness (QED) is 0.912. The Morgan fingerprint density at radius 1 is 1.15 bits per heavy atom. The maximum absolute atomic E-state index is 12.5. The van der Waals surface area contributed by atoms with Crippen molar-refractivity contribution in [3.63, 3.8) is 0 Å². The number of rotatable bonds is 3. The zero-order valence-corrected chi connectivity index (χ0v) is 13.3. The molecule has 1 aliphatic heterocycles. The molecule has 0 saturated carbocycles. The largest absolute Gasteiger partial charge is 0.317 e. The predicted octanol–water partition coefficient (Wildman–Crippen LogP) is 3.58. The van der Waals surface area contributed by atoms with Gasteiger partial charge in [0, 0.05) is 6.42 Å². The first-order chi connectivity index (χ1) is 9.40. The van der Waals surface area contributed by atoms with Gasteiger partial charge in [-0.05, 0) is 42.5 Å². The number of nitrogens with one attached hydrogen (secondary N) is 1. The van der Waals surface area contributed by atoms with Gasteiger partial charge in [-0.25, -0.2) is 0 Å². The summed E-state index contributed by atoms with van der Waals surface area (Å²) in [6.45, 7) is 10.5. The number of ketones is 1. The van der Waals surface area contributed by atoms with Gasteiger partial charge in [-0.2, -0.15) is 0 Å². The molecule has 1 aromatic carbocycles. The first-order valence-corrected chi connectivity index (χ1v) is 7.75. The topological polar surface area (TPSA) is 29.1 Å². The standard InChI is InChI=1S/C18H27NO/c1-5-16(20)18(10-12-19-13-11-18)15-8-6-14(7-9-15)17(2,3)4/h6-9,19H,5,10-13H2,1-4H3. The monoisotopic (exact) mass is 273 g/mol. The van der Waals surface area contributed by atoms with Crippen LogP contribution in [-0.2, 0) is 15.6 Å². The van der Waals surface area contributed by atoms with Crippen LogP contribution in [-0.4, -0.2) is 18.9 Å². The van der Waals surface area contributed by atoms with Crippen LogP contribution < -0.4 is 5.32 Å². The van der Waals surface area contributed by atoms with Crippen LogP contribution in [0.4, 0.5) is 0 Å². The summed E-state index contributed by atoms with van der Waals surface area (Å²) in [7, 11) is 0. The first kappa shape index (κ1) is 15.2. The lowest BCUT2D eigenvalue weighted by Gasteiger charge is -2.37. The van der Waals surface area contributed by atoms with Gasteiger partial charge >= 0.3 is 0 Å². The summed E-state index contributed by atoms with van der Waals surface area (Å²) < 4.78 is 0. The SMILES string of the molecule is CCC(=O)C1(c2ccc(C(C)(C)C)cc2)CCNCC1. The molecule has 2 rings (SSSR count).